The molecule has 0 spiro atoms. The number of ether oxygens (including phenoxy) is 1. The van der Waals surface area contributed by atoms with Gasteiger partial charge < -0.3 is 4.74 Å². The van der Waals surface area contributed by atoms with Crippen molar-refractivity contribution < 1.29 is 4.74 Å². The van der Waals surface area contributed by atoms with E-state index in [9.17, 15) is 0 Å². The molecule has 1 heterocycles. The van der Waals surface area contributed by atoms with Gasteiger partial charge in [0, 0.05) is 12.3 Å². The van der Waals surface area contributed by atoms with Crippen LogP contribution >= 0.6 is 0 Å². The van der Waals surface area contributed by atoms with Gasteiger partial charge in [0.1, 0.15) is 17.5 Å². The van der Waals surface area contributed by atoms with Crippen molar-refractivity contribution >= 4 is 0 Å². The molecular weight excluding hydrogens is 176 g/mol. The Labute approximate surface area is 84.3 Å². The Balaban J connectivity index is 2.39. The van der Waals surface area contributed by atoms with Gasteiger partial charge >= 0.3 is 0 Å². The second-order valence-corrected chi connectivity index (χ2v) is 3.04. The molecule has 1 aromatic heterocycles. The Bertz CT molecular complexity index is 317. The van der Waals surface area contributed by atoms with Crippen LogP contribution < -0.4 is 4.74 Å². The predicted molar refractivity (Wildman–Crippen MR) is 54.0 cm³/mol. The van der Waals surface area contributed by atoms with Crippen LogP contribution in [0.4, 0.5) is 0 Å². The number of pyridine rings is 1. The van der Waals surface area contributed by atoms with E-state index in [0.29, 0.717) is 12.3 Å². The molecule has 3 nitrogen and oxygen atoms in total. The van der Waals surface area contributed by atoms with Crippen LogP contribution in [0.3, 0.4) is 0 Å². The summed E-state index contributed by atoms with van der Waals surface area (Å²) in [5, 5.41) is 8.60. The van der Waals surface area contributed by atoms with E-state index < -0.39 is 0 Å². The molecule has 0 saturated carbocycles. The zero-order chi connectivity index (χ0) is 10.2. The number of nitriles is 1. The first-order chi connectivity index (χ1) is 6.86. The monoisotopic (exact) mass is 190 g/mol. The summed E-state index contributed by atoms with van der Waals surface area (Å²) in [5.41, 5.74) is 0.401. The zero-order valence-corrected chi connectivity index (χ0v) is 8.36. The van der Waals surface area contributed by atoms with Crippen LogP contribution in [-0.4, -0.2) is 11.6 Å². The van der Waals surface area contributed by atoms with Gasteiger partial charge in [-0.3, -0.25) is 0 Å². The fraction of sp³-hybridized carbons (Fsp3) is 0.455. The molecule has 0 aromatic carbocycles. The Morgan fingerprint density at radius 3 is 3.07 bits per heavy atom. The highest BCUT2D eigenvalue weighted by Crippen LogP contribution is 2.10. The Kier molecular flexibility index (Phi) is 4.49. The molecule has 0 bridgehead atoms. The summed E-state index contributed by atoms with van der Waals surface area (Å²) in [4.78, 5) is 3.86. The maximum Gasteiger partial charge on any atom is 0.144 e. The molecule has 0 fully saturated rings. The Morgan fingerprint density at radius 1 is 1.50 bits per heavy atom. The van der Waals surface area contributed by atoms with E-state index in [2.05, 4.69) is 11.9 Å². The average molecular weight is 190 g/mol. The van der Waals surface area contributed by atoms with Gasteiger partial charge in [0.25, 0.3) is 0 Å². The van der Waals surface area contributed by atoms with E-state index in [1.54, 1.807) is 18.3 Å². The summed E-state index contributed by atoms with van der Waals surface area (Å²) < 4.78 is 5.46. The summed E-state index contributed by atoms with van der Waals surface area (Å²) in [5.74, 6) is 0.729. The fourth-order valence-corrected chi connectivity index (χ4v) is 1.10. The molecule has 0 aliphatic rings. The van der Waals surface area contributed by atoms with Crippen molar-refractivity contribution in [1.82, 2.24) is 4.98 Å². The highest BCUT2D eigenvalue weighted by molar-refractivity contribution is 5.29. The largest absolute Gasteiger partial charge is 0.493 e. The number of unbranched alkanes of at least 4 members (excludes halogenated alkanes) is 2. The predicted octanol–water partition coefficient (Wildman–Crippen LogP) is 2.52. The molecule has 0 amide bonds. The number of nitrogens with zero attached hydrogens (tertiary/aromatic N) is 2. The molecule has 74 valence electrons. The fourth-order valence-electron chi connectivity index (χ4n) is 1.10. The molecule has 0 aliphatic heterocycles. The van der Waals surface area contributed by atoms with Crippen molar-refractivity contribution in [3.05, 3.63) is 24.0 Å². The first kappa shape index (κ1) is 10.5. The Hall–Kier alpha value is -1.56. The van der Waals surface area contributed by atoms with E-state index in [-0.39, 0.29) is 0 Å². The molecule has 3 heteroatoms. The molecule has 14 heavy (non-hydrogen) atoms. The molecular formula is C11H14N2O. The first-order valence-corrected chi connectivity index (χ1v) is 4.85. The van der Waals surface area contributed by atoms with Crippen LogP contribution in [0.1, 0.15) is 31.9 Å². The molecule has 0 atom stereocenters. The van der Waals surface area contributed by atoms with E-state index >= 15 is 0 Å². The minimum absolute atomic E-state index is 0.401. The molecule has 1 rings (SSSR count). The van der Waals surface area contributed by atoms with Crippen molar-refractivity contribution in [2.75, 3.05) is 6.61 Å². The highest BCUT2D eigenvalue weighted by Gasteiger charge is 1.96. The molecule has 0 N–H and O–H groups in total. The zero-order valence-electron chi connectivity index (χ0n) is 8.36. The summed E-state index contributed by atoms with van der Waals surface area (Å²) in [6.07, 6.45) is 5.01. The lowest BCUT2D eigenvalue weighted by Crippen LogP contribution is -1.97. The summed E-state index contributed by atoms with van der Waals surface area (Å²) in [7, 11) is 0. The van der Waals surface area contributed by atoms with Gasteiger partial charge in [-0.05, 0) is 12.5 Å². The van der Waals surface area contributed by atoms with E-state index in [4.69, 9.17) is 10.00 Å². The van der Waals surface area contributed by atoms with Gasteiger partial charge in [-0.25, -0.2) is 4.98 Å². The third-order valence-corrected chi connectivity index (χ3v) is 1.86. The van der Waals surface area contributed by atoms with Crippen molar-refractivity contribution in [3.8, 4) is 11.8 Å². The van der Waals surface area contributed by atoms with Gasteiger partial charge in [0.05, 0.1) is 6.61 Å². The van der Waals surface area contributed by atoms with Gasteiger partial charge in [-0.2, -0.15) is 5.26 Å². The van der Waals surface area contributed by atoms with Crippen LogP contribution in [0.15, 0.2) is 18.3 Å². The normalized spacial score (nSPS) is 9.43. The van der Waals surface area contributed by atoms with Crippen molar-refractivity contribution in [1.29, 1.82) is 5.26 Å². The van der Waals surface area contributed by atoms with Crippen LogP contribution in [0, 0.1) is 11.3 Å². The lowest BCUT2D eigenvalue weighted by Gasteiger charge is -2.04. The second-order valence-electron chi connectivity index (χ2n) is 3.04. The van der Waals surface area contributed by atoms with Gasteiger partial charge in [0.2, 0.25) is 0 Å². The average Bonchev–Trinajstić information content (AvgIpc) is 2.25. The van der Waals surface area contributed by atoms with Crippen LogP contribution in [0.2, 0.25) is 0 Å². The quantitative estimate of drug-likeness (QED) is 0.670. The summed E-state index contributed by atoms with van der Waals surface area (Å²) in [6.45, 7) is 2.86. The molecule has 0 unspecified atom stereocenters. The second kappa shape index (κ2) is 5.98. The Morgan fingerprint density at radius 2 is 2.36 bits per heavy atom. The lowest BCUT2D eigenvalue weighted by molar-refractivity contribution is 0.306. The SMILES string of the molecule is CCCCCOc1ccnc(C#N)c1. The molecule has 0 aliphatic carbocycles. The molecule has 1 aromatic rings. The number of rotatable bonds is 5. The summed E-state index contributed by atoms with van der Waals surface area (Å²) in [6, 6.07) is 5.41. The lowest BCUT2D eigenvalue weighted by atomic mass is 10.3. The van der Waals surface area contributed by atoms with Crippen LogP contribution in [-0.2, 0) is 0 Å². The van der Waals surface area contributed by atoms with Crippen molar-refractivity contribution in [2.45, 2.75) is 26.2 Å². The third-order valence-electron chi connectivity index (χ3n) is 1.86. The van der Waals surface area contributed by atoms with Gasteiger partial charge in [-0.15, -0.1) is 0 Å². The van der Waals surface area contributed by atoms with E-state index in [1.165, 1.54) is 12.8 Å². The maximum absolute atomic E-state index is 8.60. The van der Waals surface area contributed by atoms with E-state index in [0.717, 1.165) is 12.2 Å². The van der Waals surface area contributed by atoms with Crippen LogP contribution in [0.5, 0.6) is 5.75 Å². The minimum Gasteiger partial charge on any atom is -0.493 e. The smallest absolute Gasteiger partial charge is 0.144 e. The topological polar surface area (TPSA) is 45.9 Å². The maximum atomic E-state index is 8.60. The standard InChI is InChI=1S/C11H14N2O/c1-2-3-4-7-14-11-5-6-13-10(8-11)9-12/h5-6,8H,2-4,7H2,1H3. The minimum atomic E-state index is 0.401. The number of aromatic nitrogens is 1. The van der Waals surface area contributed by atoms with Crippen molar-refractivity contribution in [2.24, 2.45) is 0 Å². The number of hydrogen-bond acceptors (Lipinski definition) is 3. The highest BCUT2D eigenvalue weighted by atomic mass is 16.5. The molecule has 0 saturated heterocycles. The number of hydrogen-bond donors (Lipinski definition) is 0. The first-order valence-electron chi connectivity index (χ1n) is 4.85. The van der Waals surface area contributed by atoms with Crippen LogP contribution in [0.25, 0.3) is 0 Å². The van der Waals surface area contributed by atoms with Gasteiger partial charge in [-0.1, -0.05) is 19.8 Å². The van der Waals surface area contributed by atoms with Crippen molar-refractivity contribution in [3.63, 3.8) is 0 Å². The molecule has 0 radical (unpaired) electrons. The van der Waals surface area contributed by atoms with E-state index in [1.807, 2.05) is 6.07 Å². The third kappa shape index (κ3) is 3.44. The van der Waals surface area contributed by atoms with Gasteiger partial charge in [0.15, 0.2) is 0 Å². The summed E-state index contributed by atoms with van der Waals surface area (Å²) >= 11 is 0.